The zero-order valence-corrected chi connectivity index (χ0v) is 14.4. The van der Waals surface area contributed by atoms with Gasteiger partial charge >= 0.3 is 0 Å². The molecule has 0 aliphatic rings. The van der Waals surface area contributed by atoms with E-state index in [1.54, 1.807) is 6.08 Å². The van der Waals surface area contributed by atoms with Crippen LogP contribution < -0.4 is 5.19 Å². The Labute approximate surface area is 135 Å². The first-order chi connectivity index (χ1) is 10.6. The number of ether oxygens (including phenoxy) is 1. The maximum absolute atomic E-state index is 5.93. The van der Waals surface area contributed by atoms with Gasteiger partial charge in [0.2, 0.25) is 0 Å². The van der Waals surface area contributed by atoms with Crippen molar-refractivity contribution in [1.82, 2.24) is 0 Å². The lowest BCUT2D eigenvalue weighted by molar-refractivity contribution is 0.110. The fraction of sp³-hybridized carbons (Fsp3) is 0.200. The first-order valence-corrected chi connectivity index (χ1v) is 10.7. The highest BCUT2D eigenvalue weighted by Crippen LogP contribution is 2.20. The van der Waals surface area contributed by atoms with E-state index in [-0.39, 0.29) is 6.10 Å². The zero-order valence-electron chi connectivity index (χ0n) is 13.4. The van der Waals surface area contributed by atoms with Gasteiger partial charge in [0, 0.05) is 0 Å². The Bertz CT molecular complexity index is 602. The van der Waals surface area contributed by atoms with E-state index in [2.05, 4.69) is 73.9 Å². The summed E-state index contributed by atoms with van der Waals surface area (Å²) in [5.41, 5.74) is 3.54. The maximum atomic E-state index is 5.93. The van der Waals surface area contributed by atoms with Gasteiger partial charge < -0.3 is 4.74 Å². The molecule has 0 heterocycles. The van der Waals surface area contributed by atoms with Gasteiger partial charge in [-0.25, -0.2) is 0 Å². The van der Waals surface area contributed by atoms with Crippen molar-refractivity contribution < 1.29 is 4.74 Å². The molecule has 22 heavy (non-hydrogen) atoms. The first-order valence-electron chi connectivity index (χ1n) is 7.66. The van der Waals surface area contributed by atoms with Crippen LogP contribution in [0.1, 0.15) is 11.7 Å². The van der Waals surface area contributed by atoms with Crippen molar-refractivity contribution in [2.24, 2.45) is 0 Å². The average molecular weight is 308 g/mol. The van der Waals surface area contributed by atoms with E-state index in [1.165, 1.54) is 10.8 Å². The van der Waals surface area contributed by atoms with Crippen LogP contribution in [0.4, 0.5) is 0 Å². The molecular formula is C20H24OSi. The van der Waals surface area contributed by atoms with Gasteiger partial charge in [-0.15, -0.1) is 6.58 Å². The molecule has 0 saturated heterocycles. The molecule has 0 bridgehead atoms. The van der Waals surface area contributed by atoms with Crippen molar-refractivity contribution in [3.8, 4) is 0 Å². The van der Waals surface area contributed by atoms with Gasteiger partial charge in [-0.1, -0.05) is 96.8 Å². The van der Waals surface area contributed by atoms with Crippen molar-refractivity contribution in [3.63, 3.8) is 0 Å². The number of hydrogen-bond acceptors (Lipinski definition) is 1. The number of rotatable bonds is 7. The predicted octanol–water partition coefficient (Wildman–Crippen LogP) is 4.64. The van der Waals surface area contributed by atoms with Crippen molar-refractivity contribution in [1.29, 1.82) is 0 Å². The van der Waals surface area contributed by atoms with Crippen molar-refractivity contribution in [2.45, 2.75) is 19.2 Å². The third kappa shape index (κ3) is 4.55. The first kappa shape index (κ1) is 16.5. The van der Waals surface area contributed by atoms with E-state index in [1.807, 2.05) is 18.2 Å². The van der Waals surface area contributed by atoms with E-state index >= 15 is 0 Å². The molecule has 0 fully saturated rings. The van der Waals surface area contributed by atoms with Crippen LogP contribution in [-0.2, 0) is 4.74 Å². The minimum Gasteiger partial charge on any atom is -0.365 e. The molecule has 0 radical (unpaired) electrons. The fourth-order valence-electron chi connectivity index (χ4n) is 2.37. The number of benzene rings is 2. The van der Waals surface area contributed by atoms with Gasteiger partial charge in [0.05, 0.1) is 6.61 Å². The highest BCUT2D eigenvalue weighted by Gasteiger charge is 2.20. The fourth-order valence-corrected chi connectivity index (χ4v) is 4.27. The molecule has 1 atom stereocenters. The summed E-state index contributed by atoms with van der Waals surface area (Å²) in [6.07, 6.45) is 3.98. The smallest absolute Gasteiger partial charge is 0.103 e. The third-order valence-electron chi connectivity index (χ3n) is 3.73. The summed E-state index contributed by atoms with van der Waals surface area (Å²) in [5, 5.41) is 1.43. The minimum atomic E-state index is -1.60. The molecule has 0 aliphatic carbocycles. The Morgan fingerprint density at radius 2 is 1.59 bits per heavy atom. The largest absolute Gasteiger partial charge is 0.365 e. The highest BCUT2D eigenvalue weighted by molar-refractivity contribution is 6.93. The maximum Gasteiger partial charge on any atom is 0.103 e. The van der Waals surface area contributed by atoms with Crippen molar-refractivity contribution in [3.05, 3.63) is 90.7 Å². The van der Waals surface area contributed by atoms with Gasteiger partial charge in [-0.05, 0) is 5.56 Å². The van der Waals surface area contributed by atoms with Crippen LogP contribution >= 0.6 is 0 Å². The SMILES string of the molecule is C=CCOC(/C=C/[Si](C)(C)c1ccccc1)c1ccccc1. The normalized spacial score (nSPS) is 13.2. The van der Waals surface area contributed by atoms with Gasteiger partial charge in [0.25, 0.3) is 0 Å². The van der Waals surface area contributed by atoms with E-state index < -0.39 is 8.07 Å². The molecule has 0 N–H and O–H groups in total. The summed E-state index contributed by atoms with van der Waals surface area (Å²) in [5.74, 6) is 0. The van der Waals surface area contributed by atoms with Gasteiger partial charge in [0.15, 0.2) is 0 Å². The second-order valence-corrected chi connectivity index (χ2v) is 10.3. The van der Waals surface area contributed by atoms with E-state index in [9.17, 15) is 0 Å². The second-order valence-electron chi connectivity index (χ2n) is 5.90. The topological polar surface area (TPSA) is 9.23 Å². The van der Waals surface area contributed by atoms with E-state index in [0.717, 1.165) is 0 Å². The Kier molecular flexibility index (Phi) is 5.93. The molecule has 2 rings (SSSR count). The monoisotopic (exact) mass is 308 g/mol. The summed E-state index contributed by atoms with van der Waals surface area (Å²) in [4.78, 5) is 0. The average Bonchev–Trinajstić information content (AvgIpc) is 2.56. The van der Waals surface area contributed by atoms with E-state index in [4.69, 9.17) is 4.74 Å². The number of hydrogen-bond donors (Lipinski definition) is 0. The molecule has 2 heteroatoms. The summed E-state index contributed by atoms with van der Waals surface area (Å²) in [6.45, 7) is 9.01. The van der Waals surface area contributed by atoms with Crippen LogP contribution in [0.2, 0.25) is 13.1 Å². The van der Waals surface area contributed by atoms with Crippen LogP contribution in [0.15, 0.2) is 85.1 Å². The second kappa shape index (κ2) is 7.92. The Morgan fingerprint density at radius 1 is 1.00 bits per heavy atom. The Balaban J connectivity index is 2.20. The molecule has 0 aliphatic heterocycles. The molecule has 114 valence electrons. The van der Waals surface area contributed by atoms with Crippen LogP contribution in [0.5, 0.6) is 0 Å². The van der Waals surface area contributed by atoms with Crippen LogP contribution in [0.3, 0.4) is 0 Å². The van der Waals surface area contributed by atoms with Gasteiger partial charge in [-0.3, -0.25) is 0 Å². The Hall–Kier alpha value is -1.90. The molecule has 1 unspecified atom stereocenters. The summed E-state index contributed by atoms with van der Waals surface area (Å²) < 4.78 is 5.93. The summed E-state index contributed by atoms with van der Waals surface area (Å²) in [7, 11) is -1.60. The molecule has 0 aromatic heterocycles. The summed E-state index contributed by atoms with van der Waals surface area (Å²) in [6, 6.07) is 21.1. The van der Waals surface area contributed by atoms with E-state index in [0.29, 0.717) is 6.61 Å². The molecule has 0 saturated carbocycles. The quantitative estimate of drug-likeness (QED) is 0.535. The van der Waals surface area contributed by atoms with Crippen LogP contribution in [0, 0.1) is 0 Å². The lowest BCUT2D eigenvalue weighted by Gasteiger charge is -2.20. The minimum absolute atomic E-state index is 0.0188. The predicted molar refractivity (Wildman–Crippen MR) is 98.0 cm³/mol. The third-order valence-corrected chi connectivity index (χ3v) is 6.57. The highest BCUT2D eigenvalue weighted by atomic mass is 28.3. The van der Waals surface area contributed by atoms with Crippen molar-refractivity contribution in [2.75, 3.05) is 6.61 Å². The molecule has 1 nitrogen and oxygen atoms in total. The Morgan fingerprint density at radius 3 is 2.18 bits per heavy atom. The lowest BCUT2D eigenvalue weighted by Crippen LogP contribution is -2.39. The van der Waals surface area contributed by atoms with Crippen LogP contribution in [0.25, 0.3) is 0 Å². The molecule has 0 amide bonds. The molecule has 0 spiro atoms. The van der Waals surface area contributed by atoms with Gasteiger partial charge in [-0.2, -0.15) is 0 Å². The van der Waals surface area contributed by atoms with Crippen LogP contribution in [-0.4, -0.2) is 14.7 Å². The summed E-state index contributed by atoms with van der Waals surface area (Å²) >= 11 is 0. The zero-order chi connectivity index (χ0) is 15.8. The standard InChI is InChI=1S/C20H24OSi/c1-4-16-21-20(18-11-7-5-8-12-18)15-17-22(2,3)19-13-9-6-10-14-19/h4-15,17,20H,1,16H2,2-3H3/b17-15+. The van der Waals surface area contributed by atoms with Crippen molar-refractivity contribution >= 4 is 13.3 Å². The lowest BCUT2D eigenvalue weighted by atomic mass is 10.1. The molecular weight excluding hydrogens is 284 g/mol. The molecule has 2 aromatic carbocycles. The molecule has 2 aromatic rings. The van der Waals surface area contributed by atoms with Gasteiger partial charge in [0.1, 0.15) is 14.2 Å².